The van der Waals surface area contributed by atoms with Gasteiger partial charge in [-0.1, -0.05) is 35.7 Å². The number of benzene rings is 1. The summed E-state index contributed by atoms with van der Waals surface area (Å²) < 4.78 is 3.51. The summed E-state index contributed by atoms with van der Waals surface area (Å²) in [6.07, 6.45) is 6.20. The van der Waals surface area contributed by atoms with Crippen molar-refractivity contribution in [2.75, 3.05) is 5.88 Å². The Morgan fingerprint density at radius 3 is 2.80 bits per heavy atom. The lowest BCUT2D eigenvalue weighted by Gasteiger charge is -2.25. The van der Waals surface area contributed by atoms with Gasteiger partial charge >= 0.3 is 0 Å². The lowest BCUT2D eigenvalue weighted by atomic mass is 9.88. The number of nitrogens with zero attached hydrogens (tertiary/aromatic N) is 2. The molecule has 20 heavy (non-hydrogen) atoms. The van der Waals surface area contributed by atoms with Crippen LogP contribution in [0.4, 0.5) is 0 Å². The summed E-state index contributed by atoms with van der Waals surface area (Å²) in [5, 5.41) is 0. The third kappa shape index (κ3) is 2.75. The van der Waals surface area contributed by atoms with Crippen LogP contribution in [0, 0.1) is 5.41 Å². The number of aromatic nitrogens is 2. The van der Waals surface area contributed by atoms with Crippen LogP contribution in [0.1, 0.15) is 38.4 Å². The van der Waals surface area contributed by atoms with E-state index in [0.29, 0.717) is 11.3 Å². The molecule has 1 fully saturated rings. The molecule has 2 aromatic rings. The molecule has 4 heteroatoms. The fraction of sp³-hybridized carbons (Fsp3) is 0.562. The molecule has 0 aliphatic heterocycles. The Bertz CT molecular complexity index is 614. The van der Waals surface area contributed by atoms with Crippen LogP contribution in [-0.2, 0) is 13.0 Å². The maximum absolute atomic E-state index is 5.96. The van der Waals surface area contributed by atoms with Crippen molar-refractivity contribution in [3.05, 3.63) is 28.5 Å². The molecule has 0 saturated heterocycles. The Morgan fingerprint density at radius 2 is 2.10 bits per heavy atom. The van der Waals surface area contributed by atoms with E-state index in [9.17, 15) is 0 Å². The molecule has 1 heterocycles. The van der Waals surface area contributed by atoms with Crippen molar-refractivity contribution in [3.8, 4) is 0 Å². The highest BCUT2D eigenvalue weighted by atomic mass is 79.9. The van der Waals surface area contributed by atoms with E-state index in [-0.39, 0.29) is 0 Å². The standard InChI is InChI=1S/C16H20BrClN2/c1-16(7-2-3-8-16)11-20-14-10-12(17)4-5-13(14)19-15(20)6-9-18/h4-5,10H,2-3,6-9,11H2,1H3. The number of halogens is 2. The van der Waals surface area contributed by atoms with Gasteiger partial charge in [0.15, 0.2) is 0 Å². The quantitative estimate of drug-likeness (QED) is 0.693. The minimum atomic E-state index is 0.414. The molecule has 108 valence electrons. The van der Waals surface area contributed by atoms with Crippen LogP contribution in [0.25, 0.3) is 11.0 Å². The average Bonchev–Trinajstić information content (AvgIpc) is 2.97. The summed E-state index contributed by atoms with van der Waals surface area (Å²) in [6, 6.07) is 6.32. The van der Waals surface area contributed by atoms with Gasteiger partial charge in [-0.25, -0.2) is 4.98 Å². The largest absolute Gasteiger partial charge is 0.327 e. The molecule has 0 radical (unpaired) electrons. The number of aryl methyl sites for hydroxylation is 1. The Balaban J connectivity index is 2.05. The van der Waals surface area contributed by atoms with Gasteiger partial charge in [0.1, 0.15) is 5.82 Å². The first kappa shape index (κ1) is 14.4. The van der Waals surface area contributed by atoms with E-state index in [4.69, 9.17) is 16.6 Å². The van der Waals surface area contributed by atoms with E-state index >= 15 is 0 Å². The molecule has 1 aliphatic carbocycles. The Kier molecular flexibility index (Phi) is 4.09. The zero-order chi connectivity index (χ0) is 14.2. The van der Waals surface area contributed by atoms with Crippen molar-refractivity contribution in [2.24, 2.45) is 5.41 Å². The minimum Gasteiger partial charge on any atom is -0.327 e. The van der Waals surface area contributed by atoms with Crippen LogP contribution >= 0.6 is 27.5 Å². The zero-order valence-electron chi connectivity index (χ0n) is 11.8. The second kappa shape index (κ2) is 5.69. The summed E-state index contributed by atoms with van der Waals surface area (Å²) in [5.41, 5.74) is 2.72. The molecule has 1 aromatic heterocycles. The maximum Gasteiger partial charge on any atom is 0.111 e. The number of hydrogen-bond acceptors (Lipinski definition) is 1. The normalized spacial score (nSPS) is 17.9. The minimum absolute atomic E-state index is 0.414. The topological polar surface area (TPSA) is 17.8 Å². The van der Waals surface area contributed by atoms with Crippen molar-refractivity contribution in [1.82, 2.24) is 9.55 Å². The van der Waals surface area contributed by atoms with Crippen LogP contribution in [0.2, 0.25) is 0 Å². The molecule has 1 aromatic carbocycles. The second-order valence-electron chi connectivity index (χ2n) is 6.20. The van der Waals surface area contributed by atoms with Gasteiger partial charge in [-0.3, -0.25) is 0 Å². The Labute approximate surface area is 133 Å². The number of fused-ring (bicyclic) bond motifs is 1. The van der Waals surface area contributed by atoms with Crippen LogP contribution in [-0.4, -0.2) is 15.4 Å². The van der Waals surface area contributed by atoms with E-state index < -0.39 is 0 Å². The van der Waals surface area contributed by atoms with Crippen molar-refractivity contribution >= 4 is 38.6 Å². The van der Waals surface area contributed by atoms with Crippen LogP contribution < -0.4 is 0 Å². The molecule has 3 rings (SSSR count). The van der Waals surface area contributed by atoms with Gasteiger partial charge in [-0.2, -0.15) is 0 Å². The average molecular weight is 356 g/mol. The number of imidazole rings is 1. The van der Waals surface area contributed by atoms with Crippen molar-refractivity contribution in [2.45, 2.75) is 45.6 Å². The zero-order valence-corrected chi connectivity index (χ0v) is 14.2. The van der Waals surface area contributed by atoms with Crippen molar-refractivity contribution in [1.29, 1.82) is 0 Å². The van der Waals surface area contributed by atoms with Gasteiger partial charge in [-0.15, -0.1) is 11.6 Å². The molecule has 0 atom stereocenters. The fourth-order valence-corrected chi connectivity index (χ4v) is 3.88. The van der Waals surface area contributed by atoms with Crippen molar-refractivity contribution < 1.29 is 0 Å². The van der Waals surface area contributed by atoms with Gasteiger partial charge in [-0.05, 0) is 36.5 Å². The third-order valence-corrected chi connectivity index (χ3v) is 5.14. The highest BCUT2D eigenvalue weighted by molar-refractivity contribution is 9.10. The molecule has 2 nitrogen and oxygen atoms in total. The van der Waals surface area contributed by atoms with E-state index in [1.165, 1.54) is 31.2 Å². The smallest absolute Gasteiger partial charge is 0.111 e. The molecule has 0 bridgehead atoms. The summed E-state index contributed by atoms with van der Waals surface area (Å²) in [6.45, 7) is 3.47. The highest BCUT2D eigenvalue weighted by Gasteiger charge is 2.30. The maximum atomic E-state index is 5.96. The number of alkyl halides is 1. The molecule has 1 saturated carbocycles. The predicted molar refractivity (Wildman–Crippen MR) is 88.4 cm³/mol. The van der Waals surface area contributed by atoms with E-state index in [1.54, 1.807) is 0 Å². The Morgan fingerprint density at radius 1 is 1.35 bits per heavy atom. The van der Waals surface area contributed by atoms with Crippen LogP contribution in [0.15, 0.2) is 22.7 Å². The predicted octanol–water partition coefficient (Wildman–Crippen LogP) is 5.16. The van der Waals surface area contributed by atoms with Crippen LogP contribution in [0.5, 0.6) is 0 Å². The van der Waals surface area contributed by atoms with Gasteiger partial charge in [0, 0.05) is 23.3 Å². The number of rotatable bonds is 4. The van der Waals surface area contributed by atoms with Gasteiger partial charge in [0.05, 0.1) is 11.0 Å². The summed E-state index contributed by atoms with van der Waals surface area (Å²) in [4.78, 5) is 4.77. The van der Waals surface area contributed by atoms with E-state index in [0.717, 1.165) is 28.8 Å². The SMILES string of the molecule is CC1(Cn2c(CCCl)nc3ccc(Br)cc32)CCCC1. The summed E-state index contributed by atoms with van der Waals surface area (Å²) in [7, 11) is 0. The molecular formula is C16H20BrClN2. The van der Waals surface area contributed by atoms with Gasteiger partial charge < -0.3 is 4.57 Å². The number of hydrogen-bond donors (Lipinski definition) is 0. The summed E-state index contributed by atoms with van der Waals surface area (Å²) >= 11 is 9.53. The molecule has 0 spiro atoms. The third-order valence-electron chi connectivity index (χ3n) is 4.46. The first-order valence-corrected chi connectivity index (χ1v) is 8.65. The lowest BCUT2D eigenvalue weighted by molar-refractivity contribution is 0.282. The molecule has 1 aliphatic rings. The molecular weight excluding hydrogens is 336 g/mol. The Hall–Kier alpha value is -0.540. The molecule has 0 unspecified atom stereocenters. The first-order valence-electron chi connectivity index (χ1n) is 7.32. The molecule has 0 amide bonds. The van der Waals surface area contributed by atoms with Crippen molar-refractivity contribution in [3.63, 3.8) is 0 Å². The second-order valence-corrected chi connectivity index (χ2v) is 7.50. The fourth-order valence-electron chi connectivity index (χ4n) is 3.37. The van der Waals surface area contributed by atoms with Gasteiger partial charge in [0.2, 0.25) is 0 Å². The lowest BCUT2D eigenvalue weighted by Crippen LogP contribution is -2.21. The monoisotopic (exact) mass is 354 g/mol. The molecule has 0 N–H and O–H groups in total. The van der Waals surface area contributed by atoms with Gasteiger partial charge in [0.25, 0.3) is 0 Å². The first-order chi connectivity index (χ1) is 9.61. The van der Waals surface area contributed by atoms with E-state index in [1.807, 2.05) is 0 Å². The van der Waals surface area contributed by atoms with E-state index in [2.05, 4.69) is 45.6 Å². The highest BCUT2D eigenvalue weighted by Crippen LogP contribution is 2.40. The van der Waals surface area contributed by atoms with Crippen LogP contribution in [0.3, 0.4) is 0 Å². The summed E-state index contributed by atoms with van der Waals surface area (Å²) in [5.74, 6) is 1.75.